The highest BCUT2D eigenvalue weighted by Crippen LogP contribution is 2.18. The minimum absolute atomic E-state index is 0.390. The molecule has 0 aromatic heterocycles. The molecule has 0 fully saturated rings. The smallest absolute Gasteiger partial charge is 0.0102 e. The molecule has 2 unspecified atom stereocenters. The van der Waals surface area contributed by atoms with E-state index < -0.39 is 0 Å². The van der Waals surface area contributed by atoms with E-state index in [2.05, 4.69) is 58.8 Å². The molecule has 15 heavy (non-hydrogen) atoms. The summed E-state index contributed by atoms with van der Waals surface area (Å²) in [5, 5.41) is 3.42. The van der Waals surface area contributed by atoms with Crippen molar-refractivity contribution < 1.29 is 0 Å². The van der Waals surface area contributed by atoms with Crippen LogP contribution in [0.1, 0.15) is 41.5 Å². The summed E-state index contributed by atoms with van der Waals surface area (Å²) in [6.45, 7) is 17.1. The second kappa shape index (κ2) is 6.49. The standard InChI is InChI=1S/C13H30N2/c1-8-14-9-11(2)12(3)15(7)10-13(4,5)6/h11-12,14H,8-10H2,1-7H3. The largest absolute Gasteiger partial charge is 0.317 e. The fourth-order valence-corrected chi connectivity index (χ4v) is 1.87. The van der Waals surface area contributed by atoms with Crippen molar-refractivity contribution in [1.82, 2.24) is 10.2 Å². The maximum absolute atomic E-state index is 3.42. The molecule has 2 atom stereocenters. The van der Waals surface area contributed by atoms with Crippen LogP contribution in [0.3, 0.4) is 0 Å². The van der Waals surface area contributed by atoms with Gasteiger partial charge in [0, 0.05) is 12.6 Å². The van der Waals surface area contributed by atoms with Crippen molar-refractivity contribution in [3.05, 3.63) is 0 Å². The Balaban J connectivity index is 4.01. The zero-order valence-electron chi connectivity index (χ0n) is 11.7. The Labute approximate surface area is 96.4 Å². The first-order valence-electron chi connectivity index (χ1n) is 6.19. The van der Waals surface area contributed by atoms with Crippen molar-refractivity contribution >= 4 is 0 Å². The lowest BCUT2D eigenvalue weighted by Crippen LogP contribution is -2.42. The van der Waals surface area contributed by atoms with Crippen LogP contribution in [0.5, 0.6) is 0 Å². The predicted molar refractivity (Wildman–Crippen MR) is 69.3 cm³/mol. The number of hydrogen-bond acceptors (Lipinski definition) is 2. The van der Waals surface area contributed by atoms with Gasteiger partial charge in [-0.2, -0.15) is 0 Å². The van der Waals surface area contributed by atoms with Gasteiger partial charge >= 0.3 is 0 Å². The summed E-state index contributed by atoms with van der Waals surface area (Å²) in [6.07, 6.45) is 0. The summed E-state index contributed by atoms with van der Waals surface area (Å²) in [5.41, 5.74) is 0.390. The molecule has 0 saturated carbocycles. The predicted octanol–water partition coefficient (Wildman–Crippen LogP) is 2.60. The summed E-state index contributed by atoms with van der Waals surface area (Å²) in [5.74, 6) is 0.706. The first kappa shape index (κ1) is 14.9. The molecule has 2 heteroatoms. The number of hydrogen-bond donors (Lipinski definition) is 1. The van der Waals surface area contributed by atoms with E-state index in [0.717, 1.165) is 19.6 Å². The van der Waals surface area contributed by atoms with Crippen LogP contribution in [0, 0.1) is 11.3 Å². The van der Waals surface area contributed by atoms with Gasteiger partial charge in [0.2, 0.25) is 0 Å². The lowest BCUT2D eigenvalue weighted by atomic mass is 9.94. The summed E-state index contributed by atoms with van der Waals surface area (Å²) >= 11 is 0. The lowest BCUT2D eigenvalue weighted by molar-refractivity contribution is 0.144. The first-order valence-corrected chi connectivity index (χ1v) is 6.19. The highest BCUT2D eigenvalue weighted by atomic mass is 15.1. The van der Waals surface area contributed by atoms with Crippen molar-refractivity contribution in [2.75, 3.05) is 26.7 Å². The van der Waals surface area contributed by atoms with Gasteiger partial charge in [-0.1, -0.05) is 34.6 Å². The van der Waals surface area contributed by atoms with Crippen LogP contribution in [0.4, 0.5) is 0 Å². The molecule has 0 aromatic rings. The van der Waals surface area contributed by atoms with E-state index in [1.165, 1.54) is 0 Å². The number of rotatable bonds is 6. The molecule has 0 saturated heterocycles. The van der Waals surface area contributed by atoms with Gasteiger partial charge < -0.3 is 10.2 Å². The Bertz CT molecular complexity index is 160. The zero-order chi connectivity index (χ0) is 12.1. The monoisotopic (exact) mass is 214 g/mol. The number of nitrogens with zero attached hydrogens (tertiary/aromatic N) is 1. The Morgan fingerprint density at radius 1 is 1.20 bits per heavy atom. The minimum Gasteiger partial charge on any atom is -0.317 e. The molecule has 0 spiro atoms. The van der Waals surface area contributed by atoms with E-state index in [1.807, 2.05) is 0 Å². The molecular formula is C13H30N2. The molecule has 0 heterocycles. The summed E-state index contributed by atoms with van der Waals surface area (Å²) in [6, 6.07) is 0.642. The first-order chi connectivity index (χ1) is 6.78. The third-order valence-electron chi connectivity index (χ3n) is 2.96. The lowest BCUT2D eigenvalue weighted by Gasteiger charge is -2.34. The van der Waals surface area contributed by atoms with E-state index in [-0.39, 0.29) is 0 Å². The Morgan fingerprint density at radius 2 is 1.73 bits per heavy atom. The van der Waals surface area contributed by atoms with Gasteiger partial charge in [0.25, 0.3) is 0 Å². The molecule has 1 N–H and O–H groups in total. The van der Waals surface area contributed by atoms with E-state index in [0.29, 0.717) is 17.4 Å². The molecule has 92 valence electrons. The van der Waals surface area contributed by atoms with Gasteiger partial charge in [-0.05, 0) is 38.4 Å². The highest BCUT2D eigenvalue weighted by molar-refractivity contribution is 4.75. The minimum atomic E-state index is 0.390. The van der Waals surface area contributed by atoms with Crippen LogP contribution < -0.4 is 5.32 Å². The van der Waals surface area contributed by atoms with Crippen molar-refractivity contribution in [2.24, 2.45) is 11.3 Å². The van der Waals surface area contributed by atoms with Gasteiger partial charge in [-0.15, -0.1) is 0 Å². The molecule has 0 amide bonds. The molecule has 0 aromatic carbocycles. The molecule has 0 bridgehead atoms. The summed E-state index contributed by atoms with van der Waals surface area (Å²) in [4.78, 5) is 2.47. The van der Waals surface area contributed by atoms with E-state index in [4.69, 9.17) is 0 Å². The molecule has 0 aliphatic carbocycles. The zero-order valence-corrected chi connectivity index (χ0v) is 11.7. The van der Waals surface area contributed by atoms with Crippen molar-refractivity contribution in [3.63, 3.8) is 0 Å². The molecule has 0 aliphatic rings. The summed E-state index contributed by atoms with van der Waals surface area (Å²) in [7, 11) is 2.23. The molecule has 0 aliphatic heterocycles. The Hall–Kier alpha value is -0.0800. The maximum atomic E-state index is 3.42. The van der Waals surface area contributed by atoms with Gasteiger partial charge in [0.15, 0.2) is 0 Å². The Kier molecular flexibility index (Phi) is 6.46. The third kappa shape index (κ3) is 6.91. The van der Waals surface area contributed by atoms with Crippen LogP contribution in [0.25, 0.3) is 0 Å². The third-order valence-corrected chi connectivity index (χ3v) is 2.96. The normalized spacial score (nSPS) is 16.8. The van der Waals surface area contributed by atoms with E-state index >= 15 is 0 Å². The van der Waals surface area contributed by atoms with Crippen molar-refractivity contribution in [1.29, 1.82) is 0 Å². The van der Waals surface area contributed by atoms with Crippen LogP contribution in [-0.4, -0.2) is 37.6 Å². The van der Waals surface area contributed by atoms with E-state index in [1.54, 1.807) is 0 Å². The second-order valence-electron chi connectivity index (χ2n) is 6.00. The second-order valence-corrected chi connectivity index (χ2v) is 6.00. The average molecular weight is 214 g/mol. The maximum Gasteiger partial charge on any atom is 0.0102 e. The van der Waals surface area contributed by atoms with Crippen LogP contribution in [0.2, 0.25) is 0 Å². The van der Waals surface area contributed by atoms with Gasteiger partial charge in [0.1, 0.15) is 0 Å². The fourth-order valence-electron chi connectivity index (χ4n) is 1.87. The summed E-state index contributed by atoms with van der Waals surface area (Å²) < 4.78 is 0. The van der Waals surface area contributed by atoms with Crippen LogP contribution in [-0.2, 0) is 0 Å². The fraction of sp³-hybridized carbons (Fsp3) is 1.00. The van der Waals surface area contributed by atoms with E-state index in [9.17, 15) is 0 Å². The Morgan fingerprint density at radius 3 is 2.13 bits per heavy atom. The quantitative estimate of drug-likeness (QED) is 0.731. The van der Waals surface area contributed by atoms with Gasteiger partial charge in [-0.25, -0.2) is 0 Å². The van der Waals surface area contributed by atoms with Gasteiger partial charge in [-0.3, -0.25) is 0 Å². The molecule has 2 nitrogen and oxygen atoms in total. The van der Waals surface area contributed by atoms with Crippen molar-refractivity contribution in [2.45, 2.75) is 47.6 Å². The van der Waals surface area contributed by atoms with Crippen LogP contribution in [0.15, 0.2) is 0 Å². The average Bonchev–Trinajstić information content (AvgIpc) is 2.10. The van der Waals surface area contributed by atoms with Crippen LogP contribution >= 0.6 is 0 Å². The topological polar surface area (TPSA) is 15.3 Å². The number of nitrogens with one attached hydrogen (secondary N) is 1. The molecule has 0 radical (unpaired) electrons. The SMILES string of the molecule is CCNCC(C)C(C)N(C)CC(C)(C)C. The highest BCUT2D eigenvalue weighted by Gasteiger charge is 2.21. The molecule has 0 rings (SSSR count). The van der Waals surface area contributed by atoms with Crippen molar-refractivity contribution in [3.8, 4) is 0 Å². The van der Waals surface area contributed by atoms with Gasteiger partial charge in [0.05, 0.1) is 0 Å². The molecular weight excluding hydrogens is 184 g/mol.